The van der Waals surface area contributed by atoms with Crippen molar-refractivity contribution in [3.8, 4) is 17.0 Å². The van der Waals surface area contributed by atoms with Crippen molar-refractivity contribution in [1.82, 2.24) is 19.5 Å². The molecule has 1 fully saturated rings. The van der Waals surface area contributed by atoms with Gasteiger partial charge in [0.1, 0.15) is 11.7 Å². The highest BCUT2D eigenvalue weighted by Crippen LogP contribution is 2.36. The van der Waals surface area contributed by atoms with Crippen LogP contribution in [0.4, 0.5) is 29.2 Å². The Kier molecular flexibility index (Phi) is 9.79. The van der Waals surface area contributed by atoms with Gasteiger partial charge in [-0.25, -0.2) is 13.3 Å². The van der Waals surface area contributed by atoms with Crippen LogP contribution in [0.5, 0.6) is 5.88 Å². The van der Waals surface area contributed by atoms with Crippen molar-refractivity contribution < 1.29 is 22.3 Å². The van der Waals surface area contributed by atoms with Crippen LogP contribution in [-0.2, 0) is 0 Å². The molecule has 2 atom stereocenters. The second-order valence-corrected chi connectivity index (χ2v) is 9.12. The molecule has 0 radical (unpaired) electrons. The Hall–Kier alpha value is -3.28. The van der Waals surface area contributed by atoms with Gasteiger partial charge in [-0.3, -0.25) is 8.78 Å². The summed E-state index contributed by atoms with van der Waals surface area (Å²) in [5, 5.41) is 15.3. The van der Waals surface area contributed by atoms with Crippen molar-refractivity contribution in [2.75, 3.05) is 53.0 Å². The number of anilines is 1. The summed E-state index contributed by atoms with van der Waals surface area (Å²) in [6.07, 6.45) is 0.840. The fourth-order valence-corrected chi connectivity index (χ4v) is 3.96. The molecular formula is C25H33F4N7O. The van der Waals surface area contributed by atoms with Gasteiger partial charge in [-0.2, -0.15) is 15.2 Å². The van der Waals surface area contributed by atoms with Gasteiger partial charge < -0.3 is 15.0 Å². The van der Waals surface area contributed by atoms with E-state index in [1.807, 2.05) is 24.9 Å². The summed E-state index contributed by atoms with van der Waals surface area (Å²) >= 11 is 0. The van der Waals surface area contributed by atoms with Crippen molar-refractivity contribution in [1.29, 1.82) is 0 Å². The minimum Gasteiger partial charge on any atom is -0.479 e. The van der Waals surface area contributed by atoms with Gasteiger partial charge in [-0.05, 0) is 43.7 Å². The number of likely N-dealkylation sites (tertiary alicyclic amines) is 1. The number of azo groups is 1. The molecule has 0 bridgehead atoms. The molecule has 0 spiro atoms. The second-order valence-electron chi connectivity index (χ2n) is 9.12. The van der Waals surface area contributed by atoms with E-state index >= 15 is 4.39 Å². The van der Waals surface area contributed by atoms with Crippen molar-refractivity contribution in [2.45, 2.75) is 32.5 Å². The summed E-state index contributed by atoms with van der Waals surface area (Å²) in [4.78, 5) is 6.33. The lowest BCUT2D eigenvalue weighted by atomic mass is 10.0. The Morgan fingerprint density at radius 3 is 2.57 bits per heavy atom. The van der Waals surface area contributed by atoms with Crippen LogP contribution in [0.25, 0.3) is 16.6 Å². The lowest BCUT2D eigenvalue weighted by Crippen LogP contribution is -2.46. The number of benzene rings is 1. The van der Waals surface area contributed by atoms with Gasteiger partial charge in [0.2, 0.25) is 11.8 Å². The van der Waals surface area contributed by atoms with Crippen LogP contribution < -0.4 is 10.1 Å². The monoisotopic (exact) mass is 523 g/mol. The van der Waals surface area contributed by atoms with Crippen LogP contribution in [0, 0.1) is 18.7 Å². The molecule has 1 N–H and O–H groups in total. The van der Waals surface area contributed by atoms with E-state index in [1.54, 1.807) is 19.2 Å². The molecule has 2 aromatic heterocycles. The van der Waals surface area contributed by atoms with E-state index in [2.05, 4.69) is 25.6 Å². The maximum absolute atomic E-state index is 15.0. The molecule has 1 aromatic carbocycles. The number of hydrogen-bond donors (Lipinski definition) is 1. The molecule has 4 rings (SSSR count). The number of rotatable bonds is 7. The zero-order chi connectivity index (χ0) is 27.1. The van der Waals surface area contributed by atoms with E-state index in [4.69, 9.17) is 4.74 Å². The summed E-state index contributed by atoms with van der Waals surface area (Å²) in [7, 11) is 4.95. The van der Waals surface area contributed by atoms with Gasteiger partial charge in [0, 0.05) is 26.1 Å². The molecule has 8 nitrogen and oxygen atoms in total. The molecule has 1 saturated heterocycles. The summed E-state index contributed by atoms with van der Waals surface area (Å²) in [5.41, 5.74) is 2.94. The van der Waals surface area contributed by atoms with Gasteiger partial charge >= 0.3 is 0 Å². The van der Waals surface area contributed by atoms with Crippen LogP contribution in [0.3, 0.4) is 0 Å². The minimum absolute atomic E-state index is 0.193. The van der Waals surface area contributed by atoms with Crippen LogP contribution >= 0.6 is 0 Å². The molecule has 3 aromatic rings. The normalized spacial score (nSPS) is 18.3. The maximum atomic E-state index is 15.0. The lowest BCUT2D eigenvalue weighted by molar-refractivity contribution is 0.149. The van der Waals surface area contributed by atoms with E-state index in [0.29, 0.717) is 35.3 Å². The number of aromatic nitrogens is 3. The maximum Gasteiger partial charge on any atom is 0.244 e. The number of piperidine rings is 1. The first-order valence-corrected chi connectivity index (χ1v) is 12.0. The topological polar surface area (TPSA) is 79.4 Å². The van der Waals surface area contributed by atoms with Gasteiger partial charge in [-0.15, -0.1) is 5.10 Å². The zero-order valence-electron chi connectivity index (χ0n) is 21.7. The van der Waals surface area contributed by atoms with Crippen molar-refractivity contribution in [3.63, 3.8) is 0 Å². The number of methoxy groups -OCH3 is 1. The standard InChI is InChI=1S/C21H25F2N7O.C4H8F2/c1-12-9-13(5-6-16(12)27-24-2)18-15(23)11-30-19(18)20(31-4)26-21(28-30)25-17-7-8-29(3)10-14(17)22;1-4(2-5)3-6/h5-6,9,11,14,17H,7-8,10H2,1-4H3,(H,25,28);4H,2-3H2,1H3. The predicted octanol–water partition coefficient (Wildman–Crippen LogP) is 5.58. The van der Waals surface area contributed by atoms with E-state index in [-0.39, 0.29) is 11.8 Å². The number of halogens is 4. The number of alkyl halides is 3. The third-order valence-corrected chi connectivity index (χ3v) is 6.03. The van der Waals surface area contributed by atoms with Gasteiger partial charge in [0.25, 0.3) is 0 Å². The summed E-state index contributed by atoms with van der Waals surface area (Å²) in [6, 6.07) is 4.97. The average Bonchev–Trinajstić information content (AvgIpc) is 3.22. The molecule has 0 aliphatic carbocycles. The number of nitrogens with zero attached hydrogens (tertiary/aromatic N) is 6. The number of ether oxygens (including phenoxy) is 1. The molecule has 202 valence electrons. The highest BCUT2D eigenvalue weighted by molar-refractivity contribution is 5.86. The SMILES string of the molecule is CC(CF)CF.CN=Nc1ccc(-c2c(F)cn3nc(NC4CCN(C)CC4F)nc(OC)c23)cc1C. The number of fused-ring (bicyclic) bond motifs is 1. The van der Waals surface area contributed by atoms with Crippen molar-refractivity contribution in [2.24, 2.45) is 16.1 Å². The van der Waals surface area contributed by atoms with Crippen LogP contribution in [0.15, 0.2) is 34.6 Å². The molecule has 12 heteroatoms. The van der Waals surface area contributed by atoms with E-state index in [0.717, 1.165) is 12.1 Å². The molecule has 1 aliphatic rings. The molecule has 0 amide bonds. The predicted molar refractivity (Wildman–Crippen MR) is 136 cm³/mol. The molecule has 0 saturated carbocycles. The van der Waals surface area contributed by atoms with E-state index in [9.17, 15) is 13.2 Å². The first kappa shape index (κ1) is 28.3. The quantitative estimate of drug-likeness (QED) is 0.323. The van der Waals surface area contributed by atoms with Crippen LogP contribution in [0.1, 0.15) is 18.9 Å². The zero-order valence-corrected chi connectivity index (χ0v) is 21.7. The first-order valence-electron chi connectivity index (χ1n) is 12.0. The molecule has 1 aliphatic heterocycles. The van der Waals surface area contributed by atoms with Crippen LogP contribution in [-0.4, -0.2) is 79.4 Å². The fourth-order valence-electron chi connectivity index (χ4n) is 3.96. The molecule has 2 unspecified atom stereocenters. The Balaban J connectivity index is 0.000000568. The van der Waals surface area contributed by atoms with Crippen molar-refractivity contribution >= 4 is 17.2 Å². The molecule has 37 heavy (non-hydrogen) atoms. The Labute approximate surface area is 213 Å². The smallest absolute Gasteiger partial charge is 0.244 e. The number of nitrogens with one attached hydrogen (secondary N) is 1. The summed E-state index contributed by atoms with van der Waals surface area (Å²) in [6.45, 7) is 3.43. The van der Waals surface area contributed by atoms with Gasteiger partial charge in [0.15, 0.2) is 5.82 Å². The summed E-state index contributed by atoms with van der Waals surface area (Å²) in [5.74, 6) is -0.464. The Morgan fingerprint density at radius 1 is 1.27 bits per heavy atom. The molecule has 3 heterocycles. The average molecular weight is 524 g/mol. The minimum atomic E-state index is -1.05. The highest BCUT2D eigenvalue weighted by atomic mass is 19.1. The highest BCUT2D eigenvalue weighted by Gasteiger charge is 2.29. The summed E-state index contributed by atoms with van der Waals surface area (Å²) < 4.78 is 58.6. The molecular weight excluding hydrogens is 490 g/mol. The van der Waals surface area contributed by atoms with E-state index in [1.165, 1.54) is 24.7 Å². The van der Waals surface area contributed by atoms with Crippen molar-refractivity contribution in [3.05, 3.63) is 35.8 Å². The van der Waals surface area contributed by atoms with Gasteiger partial charge in [-0.1, -0.05) is 13.0 Å². The third-order valence-electron chi connectivity index (χ3n) is 6.03. The van der Waals surface area contributed by atoms with Crippen LogP contribution in [0.2, 0.25) is 0 Å². The fraction of sp³-hybridized carbons (Fsp3) is 0.520. The number of aryl methyl sites for hydroxylation is 1. The largest absolute Gasteiger partial charge is 0.479 e. The Morgan fingerprint density at radius 2 is 2.00 bits per heavy atom. The van der Waals surface area contributed by atoms with Gasteiger partial charge in [0.05, 0.1) is 43.9 Å². The first-order chi connectivity index (χ1) is 17.7. The Bertz CT molecular complexity index is 1220. The van der Waals surface area contributed by atoms with E-state index < -0.39 is 37.3 Å². The number of hydrogen-bond acceptors (Lipinski definition) is 7. The lowest BCUT2D eigenvalue weighted by Gasteiger charge is -2.32. The second kappa shape index (κ2) is 12.8. The third kappa shape index (κ3) is 6.73.